The van der Waals surface area contributed by atoms with E-state index in [1.54, 1.807) is 12.1 Å². The van der Waals surface area contributed by atoms with E-state index in [2.05, 4.69) is 47.8 Å². The third-order valence-electron chi connectivity index (χ3n) is 7.02. The Morgan fingerprint density at radius 2 is 2.00 bits per heavy atom. The van der Waals surface area contributed by atoms with Crippen LogP contribution < -0.4 is 15.4 Å². The largest absolute Gasteiger partial charge is 0.493 e. The summed E-state index contributed by atoms with van der Waals surface area (Å²) in [5, 5.41) is 14.1. The Bertz CT molecular complexity index is 1410. The summed E-state index contributed by atoms with van der Waals surface area (Å²) >= 11 is 0. The van der Waals surface area contributed by atoms with Crippen molar-refractivity contribution in [1.82, 2.24) is 25.3 Å². The van der Waals surface area contributed by atoms with E-state index in [1.165, 1.54) is 10.4 Å². The minimum Gasteiger partial charge on any atom is -0.493 e. The first-order valence-electron chi connectivity index (χ1n) is 13.1. The summed E-state index contributed by atoms with van der Waals surface area (Å²) in [4.78, 5) is 13.2. The molecule has 1 saturated heterocycles. The molecule has 11 heteroatoms. The topological polar surface area (TPSA) is 127 Å². The number of ether oxygens (including phenoxy) is 1. The number of carbonyl (C=O) groups excluding carboxylic acids is 1. The van der Waals surface area contributed by atoms with Crippen molar-refractivity contribution in [3.8, 4) is 5.75 Å². The first kappa shape index (κ1) is 26.6. The van der Waals surface area contributed by atoms with Crippen LogP contribution in [0.4, 0.5) is 0 Å². The zero-order valence-corrected chi connectivity index (χ0v) is 22.9. The van der Waals surface area contributed by atoms with Crippen molar-refractivity contribution in [3.05, 3.63) is 47.5 Å². The molecule has 2 aromatic carbocycles. The number of carbonyl (C=O) groups is 1. The molecule has 204 valence electrons. The lowest BCUT2D eigenvalue weighted by molar-refractivity contribution is -0.122. The molecule has 38 heavy (non-hydrogen) atoms. The minimum absolute atomic E-state index is 0.0507. The molecule has 0 radical (unpaired) electrons. The van der Waals surface area contributed by atoms with E-state index in [0.29, 0.717) is 37.9 Å². The van der Waals surface area contributed by atoms with Crippen molar-refractivity contribution >= 4 is 27.0 Å². The quantitative estimate of drug-likeness (QED) is 0.443. The monoisotopic (exact) mass is 541 g/mol. The molecule has 2 aliphatic heterocycles. The molecule has 1 unspecified atom stereocenters. The molecule has 1 aromatic heterocycles. The molecular weight excluding hydrogens is 506 g/mol. The van der Waals surface area contributed by atoms with E-state index in [1.807, 2.05) is 12.1 Å². The highest BCUT2D eigenvalue weighted by Crippen LogP contribution is 2.34. The number of benzene rings is 2. The third kappa shape index (κ3) is 5.69. The summed E-state index contributed by atoms with van der Waals surface area (Å²) in [5.74, 6) is 0.614. The van der Waals surface area contributed by atoms with Gasteiger partial charge in [0.15, 0.2) is 5.52 Å². The van der Waals surface area contributed by atoms with Crippen LogP contribution in [-0.2, 0) is 21.4 Å². The second-order valence-electron chi connectivity index (χ2n) is 11.3. The number of rotatable bonds is 8. The Hall–Kier alpha value is -3.02. The predicted molar refractivity (Wildman–Crippen MR) is 142 cm³/mol. The van der Waals surface area contributed by atoms with Crippen LogP contribution in [0, 0.1) is 5.41 Å². The van der Waals surface area contributed by atoms with Gasteiger partial charge in [-0.2, -0.15) is 4.31 Å². The summed E-state index contributed by atoms with van der Waals surface area (Å²) in [6.07, 6.45) is 2.06. The molecule has 0 saturated carbocycles. The average molecular weight is 542 g/mol. The van der Waals surface area contributed by atoms with Gasteiger partial charge in [-0.05, 0) is 52.3 Å². The van der Waals surface area contributed by atoms with E-state index >= 15 is 0 Å². The number of nitrogens with one attached hydrogen (secondary N) is 2. The highest BCUT2D eigenvalue weighted by atomic mass is 32.2. The fraction of sp³-hybridized carbons (Fsp3) is 0.519. The van der Waals surface area contributed by atoms with Gasteiger partial charge in [0.05, 0.1) is 12.6 Å². The number of fused-ring (bicyclic) bond motifs is 2. The Kier molecular flexibility index (Phi) is 7.43. The van der Waals surface area contributed by atoms with Crippen LogP contribution >= 0.6 is 0 Å². The number of aromatic nitrogens is 2. The van der Waals surface area contributed by atoms with Gasteiger partial charge >= 0.3 is 0 Å². The van der Waals surface area contributed by atoms with Crippen molar-refractivity contribution in [2.24, 2.45) is 5.41 Å². The van der Waals surface area contributed by atoms with Gasteiger partial charge in [-0.25, -0.2) is 13.0 Å². The average Bonchev–Trinajstić information content (AvgIpc) is 3.53. The highest BCUT2D eigenvalue weighted by Gasteiger charge is 2.38. The number of hydrogen-bond acceptors (Lipinski definition) is 8. The number of hydrogen-bond donors (Lipinski definition) is 2. The Labute approximate surface area is 223 Å². The van der Waals surface area contributed by atoms with Crippen LogP contribution in [-0.4, -0.2) is 54.7 Å². The van der Waals surface area contributed by atoms with Crippen LogP contribution in [0.15, 0.2) is 45.9 Å². The van der Waals surface area contributed by atoms with Crippen molar-refractivity contribution in [2.75, 3.05) is 19.7 Å². The molecule has 1 fully saturated rings. The molecule has 0 bridgehead atoms. The molecule has 5 rings (SSSR count). The molecule has 1 amide bonds. The Balaban J connectivity index is 1.24. The van der Waals surface area contributed by atoms with Crippen LogP contribution in [0.1, 0.15) is 63.6 Å². The standard InChI is InChI=1S/C27H35N5O5S/c1-27(2,3)17-28-16-18-9-10-20-21(11-13-36-23(20)14-18)29-25(33)15-19-6-5-12-32(19)38(34,35)24-8-4-7-22-26(24)31-37-30-22/h4,7-10,14,19,21,28H,5-6,11-13,15-17H2,1-3H3,(H,29,33)/t19-,21?/m0/s1. The van der Waals surface area contributed by atoms with Crippen molar-refractivity contribution in [2.45, 2.75) is 70.0 Å². The summed E-state index contributed by atoms with van der Waals surface area (Å²) < 4.78 is 39.1. The van der Waals surface area contributed by atoms with Crippen LogP contribution in [0.5, 0.6) is 5.75 Å². The van der Waals surface area contributed by atoms with E-state index in [4.69, 9.17) is 9.37 Å². The smallest absolute Gasteiger partial charge is 0.245 e. The molecule has 10 nitrogen and oxygen atoms in total. The van der Waals surface area contributed by atoms with Gasteiger partial charge in [-0.1, -0.05) is 39.0 Å². The second-order valence-corrected chi connectivity index (χ2v) is 13.2. The van der Waals surface area contributed by atoms with Crippen molar-refractivity contribution < 1.29 is 22.6 Å². The minimum atomic E-state index is -3.87. The summed E-state index contributed by atoms with van der Waals surface area (Å²) in [5.41, 5.74) is 2.87. The maximum absolute atomic E-state index is 13.5. The SMILES string of the molecule is CC(C)(C)CNCc1ccc2c(c1)OCCC2NC(=O)C[C@@H]1CCCN1S(=O)(=O)c1cccc2nonc12. The van der Waals surface area contributed by atoms with Gasteiger partial charge in [0.1, 0.15) is 16.2 Å². The Morgan fingerprint density at radius 3 is 2.82 bits per heavy atom. The molecule has 2 N–H and O–H groups in total. The Morgan fingerprint density at radius 1 is 1.16 bits per heavy atom. The normalized spacial score (nSPS) is 20.3. The van der Waals surface area contributed by atoms with Gasteiger partial charge in [-0.3, -0.25) is 4.79 Å². The van der Waals surface area contributed by atoms with Crippen molar-refractivity contribution in [3.63, 3.8) is 0 Å². The molecule has 2 atom stereocenters. The first-order valence-corrected chi connectivity index (χ1v) is 14.5. The van der Waals surface area contributed by atoms with E-state index in [-0.39, 0.29) is 34.2 Å². The fourth-order valence-electron chi connectivity index (χ4n) is 5.19. The van der Waals surface area contributed by atoms with Gasteiger partial charge < -0.3 is 15.4 Å². The molecular formula is C27H35N5O5S. The molecule has 0 aliphatic carbocycles. The van der Waals surface area contributed by atoms with Crippen LogP contribution in [0.3, 0.4) is 0 Å². The van der Waals surface area contributed by atoms with Gasteiger partial charge in [0, 0.05) is 44.1 Å². The zero-order valence-electron chi connectivity index (χ0n) is 22.1. The fourth-order valence-corrected chi connectivity index (χ4v) is 7.02. The van der Waals surface area contributed by atoms with Gasteiger partial charge in [-0.15, -0.1) is 0 Å². The maximum atomic E-state index is 13.5. The highest BCUT2D eigenvalue weighted by molar-refractivity contribution is 7.89. The molecule has 3 aromatic rings. The molecule has 3 heterocycles. The van der Waals surface area contributed by atoms with Crippen LogP contribution in [0.25, 0.3) is 11.0 Å². The lowest BCUT2D eigenvalue weighted by Crippen LogP contribution is -2.40. The lowest BCUT2D eigenvalue weighted by atomic mass is 9.96. The van der Waals surface area contributed by atoms with E-state index in [0.717, 1.165) is 30.0 Å². The lowest BCUT2D eigenvalue weighted by Gasteiger charge is -2.29. The van der Waals surface area contributed by atoms with Gasteiger partial charge in [0.25, 0.3) is 0 Å². The second kappa shape index (κ2) is 10.6. The third-order valence-corrected chi connectivity index (χ3v) is 9.00. The van der Waals surface area contributed by atoms with Crippen LogP contribution in [0.2, 0.25) is 0 Å². The number of amides is 1. The van der Waals surface area contributed by atoms with E-state index < -0.39 is 16.1 Å². The number of sulfonamides is 1. The van der Waals surface area contributed by atoms with E-state index in [9.17, 15) is 13.2 Å². The zero-order chi connectivity index (χ0) is 26.9. The summed E-state index contributed by atoms with van der Waals surface area (Å²) in [7, 11) is -3.87. The number of nitrogens with zero attached hydrogens (tertiary/aromatic N) is 3. The predicted octanol–water partition coefficient (Wildman–Crippen LogP) is 3.54. The summed E-state index contributed by atoms with van der Waals surface area (Å²) in [6.45, 7) is 9.09. The van der Waals surface area contributed by atoms with Crippen molar-refractivity contribution in [1.29, 1.82) is 0 Å². The first-order chi connectivity index (χ1) is 18.1. The maximum Gasteiger partial charge on any atom is 0.245 e. The molecule has 0 spiro atoms. The molecule has 2 aliphatic rings. The van der Waals surface area contributed by atoms with Gasteiger partial charge in [0.2, 0.25) is 15.9 Å². The summed E-state index contributed by atoms with van der Waals surface area (Å²) in [6, 6.07) is 10.3.